The number of nitrogens with zero attached hydrogens (tertiary/aromatic N) is 3. The van der Waals surface area contributed by atoms with Crippen molar-refractivity contribution < 1.29 is 17.7 Å². The van der Waals surface area contributed by atoms with Crippen LogP contribution in [0.5, 0.6) is 0 Å². The predicted molar refractivity (Wildman–Crippen MR) is 139 cm³/mol. The molecule has 1 amide bonds. The normalized spacial score (nSPS) is 15.1. The summed E-state index contributed by atoms with van der Waals surface area (Å²) in [7, 11) is -3.67. The number of hydrogen-bond donors (Lipinski definition) is 1. The van der Waals surface area contributed by atoms with Gasteiger partial charge in [0.1, 0.15) is 4.90 Å². The van der Waals surface area contributed by atoms with Crippen LogP contribution in [0.25, 0.3) is 0 Å². The second-order valence-corrected chi connectivity index (χ2v) is 11.0. The number of nitrogens with two attached hydrogens (primary N) is 1. The second kappa shape index (κ2) is 9.33. The van der Waals surface area contributed by atoms with Crippen molar-refractivity contribution in [3.8, 4) is 0 Å². The lowest BCUT2D eigenvalue weighted by molar-refractivity contribution is -0.130. The van der Waals surface area contributed by atoms with Gasteiger partial charge in [0, 0.05) is 0 Å². The molecule has 37 heavy (non-hydrogen) atoms. The van der Waals surface area contributed by atoms with Gasteiger partial charge in [-0.15, -0.1) is 0 Å². The second-order valence-electron chi connectivity index (χ2n) is 9.04. The van der Waals surface area contributed by atoms with E-state index in [1.165, 1.54) is 4.90 Å². The zero-order valence-electron chi connectivity index (χ0n) is 20.5. The Labute approximate surface area is 215 Å². The summed E-state index contributed by atoms with van der Waals surface area (Å²) in [6.45, 7) is 3.33. The number of benzene rings is 3. The molecule has 1 aromatic heterocycles. The van der Waals surface area contributed by atoms with Gasteiger partial charge in [-0.25, -0.2) is 13.4 Å². The van der Waals surface area contributed by atoms with E-state index in [0.29, 0.717) is 11.3 Å². The van der Waals surface area contributed by atoms with Crippen molar-refractivity contribution in [1.29, 1.82) is 0 Å². The van der Waals surface area contributed by atoms with Crippen LogP contribution in [0.4, 0.5) is 0 Å². The third-order valence-electron chi connectivity index (χ3n) is 6.46. The van der Waals surface area contributed by atoms with Crippen LogP contribution >= 0.6 is 0 Å². The molecule has 0 saturated carbocycles. The SMILES string of the molecule is Cc1noc(C)c1S(=O)(=O)Cc1cccc(CN2C(=O)C(c3ccccc3)(c3ccccc3)N=C2N)c1. The van der Waals surface area contributed by atoms with Crippen LogP contribution in [0, 0.1) is 13.8 Å². The van der Waals surface area contributed by atoms with E-state index in [2.05, 4.69) is 5.16 Å². The number of aliphatic imine (C=N–C) groups is 1. The van der Waals surface area contributed by atoms with Crippen LogP contribution in [0.1, 0.15) is 33.7 Å². The van der Waals surface area contributed by atoms with Crippen LogP contribution in [-0.2, 0) is 32.5 Å². The van der Waals surface area contributed by atoms with E-state index in [-0.39, 0.29) is 34.8 Å². The highest BCUT2D eigenvalue weighted by atomic mass is 32.2. The number of aromatic nitrogens is 1. The van der Waals surface area contributed by atoms with E-state index in [4.69, 9.17) is 15.2 Å². The molecule has 0 fully saturated rings. The molecule has 0 saturated heterocycles. The van der Waals surface area contributed by atoms with Crippen LogP contribution in [0.2, 0.25) is 0 Å². The number of hydrogen-bond acceptors (Lipinski definition) is 7. The fraction of sp³-hybridized carbons (Fsp3) is 0.179. The van der Waals surface area contributed by atoms with Crippen LogP contribution in [-0.4, -0.2) is 30.3 Å². The van der Waals surface area contributed by atoms with Crippen LogP contribution < -0.4 is 5.73 Å². The zero-order chi connectivity index (χ0) is 26.2. The first-order chi connectivity index (χ1) is 17.7. The summed E-state index contributed by atoms with van der Waals surface area (Å²) in [5.74, 6) is -0.125. The quantitative estimate of drug-likeness (QED) is 0.400. The van der Waals surface area contributed by atoms with E-state index >= 15 is 0 Å². The highest BCUT2D eigenvalue weighted by molar-refractivity contribution is 7.90. The van der Waals surface area contributed by atoms with Crippen molar-refractivity contribution in [2.75, 3.05) is 0 Å². The molecular formula is C28H26N4O4S. The molecule has 3 aromatic carbocycles. The highest BCUT2D eigenvalue weighted by Gasteiger charge is 2.50. The smallest absolute Gasteiger partial charge is 0.266 e. The number of carbonyl (C=O) groups is 1. The topological polar surface area (TPSA) is 119 Å². The number of rotatable bonds is 7. The summed E-state index contributed by atoms with van der Waals surface area (Å²) >= 11 is 0. The summed E-state index contributed by atoms with van der Waals surface area (Å²) in [5, 5.41) is 3.76. The Kier molecular flexibility index (Phi) is 6.16. The van der Waals surface area contributed by atoms with Gasteiger partial charge < -0.3 is 10.3 Å². The molecule has 188 valence electrons. The highest BCUT2D eigenvalue weighted by Crippen LogP contribution is 2.40. The Bertz CT molecular complexity index is 1540. The van der Waals surface area contributed by atoms with Gasteiger partial charge in [-0.2, -0.15) is 0 Å². The molecule has 0 unspecified atom stereocenters. The van der Waals surface area contributed by atoms with Crippen molar-refractivity contribution >= 4 is 21.7 Å². The van der Waals surface area contributed by atoms with Crippen molar-refractivity contribution in [1.82, 2.24) is 10.1 Å². The van der Waals surface area contributed by atoms with Crippen molar-refractivity contribution in [3.63, 3.8) is 0 Å². The number of sulfone groups is 1. The maximum atomic E-state index is 14.0. The monoisotopic (exact) mass is 514 g/mol. The van der Waals surface area contributed by atoms with Crippen LogP contribution in [0.15, 0.2) is 99.3 Å². The standard InChI is InChI=1S/C28H26N4O4S/c1-19-25(20(2)36-31-19)37(34,35)18-22-11-9-10-21(16-22)17-32-26(33)28(30-27(32)29,23-12-5-3-6-13-23)24-14-7-4-8-15-24/h3-16H,17-18H2,1-2H3,(H2,29,30). The lowest BCUT2D eigenvalue weighted by Crippen LogP contribution is -2.43. The predicted octanol–water partition coefficient (Wildman–Crippen LogP) is 3.87. The first-order valence-electron chi connectivity index (χ1n) is 11.7. The van der Waals surface area contributed by atoms with E-state index < -0.39 is 15.4 Å². The third kappa shape index (κ3) is 4.31. The summed E-state index contributed by atoms with van der Waals surface area (Å²) in [4.78, 5) is 20.3. The number of amides is 1. The Morgan fingerprint density at radius 2 is 1.49 bits per heavy atom. The van der Waals surface area contributed by atoms with Crippen molar-refractivity contribution in [2.45, 2.75) is 36.6 Å². The molecule has 2 N–H and O–H groups in total. The zero-order valence-corrected chi connectivity index (χ0v) is 21.3. The van der Waals surface area contributed by atoms with E-state index in [0.717, 1.165) is 16.7 Å². The molecular weight excluding hydrogens is 488 g/mol. The van der Waals surface area contributed by atoms with Gasteiger partial charge in [0.2, 0.25) is 0 Å². The first kappa shape index (κ1) is 24.5. The fourth-order valence-electron chi connectivity index (χ4n) is 4.84. The Morgan fingerprint density at radius 3 is 2.05 bits per heavy atom. The van der Waals surface area contributed by atoms with Gasteiger partial charge in [0.15, 0.2) is 27.1 Å². The minimum atomic E-state index is -3.67. The van der Waals surface area contributed by atoms with Gasteiger partial charge in [-0.1, -0.05) is 90.1 Å². The van der Waals surface area contributed by atoms with Crippen LogP contribution in [0.3, 0.4) is 0 Å². The van der Waals surface area contributed by atoms with Gasteiger partial charge in [0.25, 0.3) is 5.91 Å². The van der Waals surface area contributed by atoms with Gasteiger partial charge in [-0.05, 0) is 36.1 Å². The fourth-order valence-corrected chi connectivity index (χ4v) is 6.57. The lowest BCUT2D eigenvalue weighted by Gasteiger charge is -2.27. The molecule has 8 nitrogen and oxygen atoms in total. The molecule has 1 aliphatic heterocycles. The lowest BCUT2D eigenvalue weighted by atomic mass is 9.83. The van der Waals surface area contributed by atoms with Crippen molar-refractivity contribution in [2.24, 2.45) is 10.7 Å². The average Bonchev–Trinajstić information content (AvgIpc) is 3.36. The molecule has 5 rings (SSSR count). The minimum absolute atomic E-state index is 0.103. The van der Waals surface area contributed by atoms with E-state index in [1.54, 1.807) is 32.0 Å². The first-order valence-corrected chi connectivity index (χ1v) is 13.4. The Morgan fingerprint density at radius 1 is 0.892 bits per heavy atom. The molecule has 1 aliphatic rings. The van der Waals surface area contributed by atoms with E-state index in [1.807, 2.05) is 66.7 Å². The van der Waals surface area contributed by atoms with E-state index in [9.17, 15) is 13.2 Å². The Balaban J connectivity index is 1.46. The van der Waals surface area contributed by atoms with Gasteiger partial charge in [-0.3, -0.25) is 9.69 Å². The summed E-state index contributed by atoms with van der Waals surface area (Å²) in [6.07, 6.45) is 0. The summed E-state index contributed by atoms with van der Waals surface area (Å²) < 4.78 is 31.2. The molecule has 0 radical (unpaired) electrons. The summed E-state index contributed by atoms with van der Waals surface area (Å²) in [5.41, 5.74) is 8.13. The summed E-state index contributed by atoms with van der Waals surface area (Å²) in [6, 6.07) is 25.8. The molecule has 2 heterocycles. The average molecular weight is 515 g/mol. The molecule has 0 spiro atoms. The minimum Gasteiger partial charge on any atom is -0.369 e. The number of guanidine groups is 1. The van der Waals surface area contributed by atoms with Crippen molar-refractivity contribution in [3.05, 3.63) is 119 Å². The maximum Gasteiger partial charge on any atom is 0.266 e. The van der Waals surface area contributed by atoms with Gasteiger partial charge in [0.05, 0.1) is 18.0 Å². The number of aryl methyl sites for hydroxylation is 2. The molecule has 0 bridgehead atoms. The third-order valence-corrected chi connectivity index (χ3v) is 8.38. The molecule has 9 heteroatoms. The molecule has 0 atom stereocenters. The molecule has 0 aliphatic carbocycles. The molecule has 4 aromatic rings. The largest absolute Gasteiger partial charge is 0.369 e. The van der Waals surface area contributed by atoms with Gasteiger partial charge >= 0.3 is 0 Å². The maximum absolute atomic E-state index is 14.0. The number of carbonyl (C=O) groups excluding carboxylic acids is 1. The Hall–Kier alpha value is -4.24.